The molecule has 0 bridgehead atoms. The van der Waals surface area contributed by atoms with Crippen LogP contribution in [0.5, 0.6) is 0 Å². The van der Waals surface area contributed by atoms with Crippen molar-refractivity contribution in [2.75, 3.05) is 18.5 Å². The van der Waals surface area contributed by atoms with Gasteiger partial charge in [-0.3, -0.25) is 0 Å². The number of aliphatic hydroxyl groups excluding tert-OH is 1. The van der Waals surface area contributed by atoms with E-state index in [1.807, 2.05) is 12.1 Å². The van der Waals surface area contributed by atoms with E-state index in [0.29, 0.717) is 0 Å². The average molecular weight is 284 g/mol. The lowest BCUT2D eigenvalue weighted by molar-refractivity contribution is 0.199. The highest BCUT2D eigenvalue weighted by Gasteiger charge is 2.23. The highest BCUT2D eigenvalue weighted by atomic mass is 79.9. The number of rotatable bonds is 4. The van der Waals surface area contributed by atoms with Crippen molar-refractivity contribution in [2.45, 2.75) is 25.9 Å². The van der Waals surface area contributed by atoms with Crippen LogP contribution in [-0.2, 0) is 0 Å². The fourth-order valence-corrected chi connectivity index (χ4v) is 2.58. The van der Waals surface area contributed by atoms with E-state index in [9.17, 15) is 5.11 Å². The first-order chi connectivity index (χ1) is 7.58. The molecule has 1 fully saturated rings. The molecular formula is C13H18BrNO. The molecule has 2 nitrogen and oxygen atoms in total. The number of nitrogens with zero attached hydrogens (tertiary/aromatic N) is 1. The Bertz CT molecular complexity index is 374. The third-order valence-corrected chi connectivity index (χ3v) is 3.73. The number of anilines is 1. The molecule has 0 saturated heterocycles. The molecule has 1 aromatic carbocycles. The molecular weight excluding hydrogens is 266 g/mol. The fraction of sp³-hybridized carbons (Fsp3) is 0.538. The zero-order chi connectivity index (χ0) is 11.7. The lowest BCUT2D eigenvalue weighted by atomic mass is 10.1. The van der Waals surface area contributed by atoms with E-state index in [1.54, 1.807) is 6.92 Å². The lowest BCUT2D eigenvalue weighted by Crippen LogP contribution is -2.20. The maximum Gasteiger partial charge on any atom is 0.0762 e. The molecule has 1 saturated carbocycles. The summed E-state index contributed by atoms with van der Waals surface area (Å²) in [5, 5.41) is 9.50. The van der Waals surface area contributed by atoms with Crippen molar-refractivity contribution in [1.29, 1.82) is 0 Å². The lowest BCUT2D eigenvalue weighted by Gasteiger charge is -2.21. The van der Waals surface area contributed by atoms with Crippen LogP contribution in [0, 0.1) is 5.92 Å². The Morgan fingerprint density at radius 2 is 2.19 bits per heavy atom. The number of aliphatic hydroxyl groups is 1. The van der Waals surface area contributed by atoms with Crippen LogP contribution in [0.1, 0.15) is 31.4 Å². The van der Waals surface area contributed by atoms with E-state index >= 15 is 0 Å². The van der Waals surface area contributed by atoms with Gasteiger partial charge in [0.15, 0.2) is 0 Å². The molecule has 1 aliphatic carbocycles. The van der Waals surface area contributed by atoms with Crippen LogP contribution in [0.15, 0.2) is 22.7 Å². The smallest absolute Gasteiger partial charge is 0.0762 e. The molecule has 2 rings (SSSR count). The zero-order valence-corrected chi connectivity index (χ0v) is 11.4. The Morgan fingerprint density at radius 1 is 1.50 bits per heavy atom. The van der Waals surface area contributed by atoms with Crippen molar-refractivity contribution in [2.24, 2.45) is 5.92 Å². The Kier molecular flexibility index (Phi) is 3.55. The van der Waals surface area contributed by atoms with E-state index in [0.717, 1.165) is 22.5 Å². The predicted molar refractivity (Wildman–Crippen MR) is 70.8 cm³/mol. The number of halogens is 1. The molecule has 88 valence electrons. The molecule has 1 N–H and O–H groups in total. The quantitative estimate of drug-likeness (QED) is 0.916. The minimum Gasteiger partial charge on any atom is -0.389 e. The summed E-state index contributed by atoms with van der Waals surface area (Å²) < 4.78 is 1.06. The molecule has 1 atom stereocenters. The summed E-state index contributed by atoms with van der Waals surface area (Å²) in [4.78, 5) is 2.29. The molecule has 1 aliphatic rings. The van der Waals surface area contributed by atoms with Crippen molar-refractivity contribution in [3.63, 3.8) is 0 Å². The van der Waals surface area contributed by atoms with Crippen molar-refractivity contribution in [3.8, 4) is 0 Å². The van der Waals surface area contributed by atoms with Crippen LogP contribution in [-0.4, -0.2) is 18.7 Å². The van der Waals surface area contributed by atoms with Gasteiger partial charge in [-0.05, 0) is 59.3 Å². The zero-order valence-electron chi connectivity index (χ0n) is 9.78. The molecule has 16 heavy (non-hydrogen) atoms. The number of hydrogen-bond acceptors (Lipinski definition) is 2. The van der Waals surface area contributed by atoms with Crippen LogP contribution < -0.4 is 4.90 Å². The topological polar surface area (TPSA) is 23.5 Å². The Morgan fingerprint density at radius 3 is 2.69 bits per heavy atom. The molecule has 1 aromatic rings. The van der Waals surface area contributed by atoms with E-state index in [2.05, 4.69) is 33.9 Å². The molecule has 0 aromatic heterocycles. The SMILES string of the molecule is C[C@H](O)c1ccc(N(C)CC2CC2)c(Br)c1. The monoisotopic (exact) mass is 283 g/mol. The Balaban J connectivity index is 2.14. The number of benzene rings is 1. The molecule has 0 radical (unpaired) electrons. The first-order valence-corrected chi connectivity index (χ1v) is 6.56. The maximum absolute atomic E-state index is 9.50. The van der Waals surface area contributed by atoms with Gasteiger partial charge in [0.25, 0.3) is 0 Å². The minimum atomic E-state index is -0.404. The predicted octanol–water partition coefficient (Wildman–Crippen LogP) is 3.35. The van der Waals surface area contributed by atoms with E-state index < -0.39 is 6.10 Å². The van der Waals surface area contributed by atoms with Crippen LogP contribution in [0.3, 0.4) is 0 Å². The van der Waals surface area contributed by atoms with Gasteiger partial charge in [0.1, 0.15) is 0 Å². The standard InChI is InChI=1S/C13H18BrNO/c1-9(16)11-5-6-13(12(14)7-11)15(2)8-10-3-4-10/h5-7,9-10,16H,3-4,8H2,1-2H3/t9-/m0/s1. The summed E-state index contributed by atoms with van der Waals surface area (Å²) in [5.74, 6) is 0.883. The van der Waals surface area contributed by atoms with Gasteiger partial charge in [-0.1, -0.05) is 6.07 Å². The van der Waals surface area contributed by atoms with E-state index in [4.69, 9.17) is 0 Å². The van der Waals surface area contributed by atoms with Crippen LogP contribution in [0.2, 0.25) is 0 Å². The number of hydrogen-bond donors (Lipinski definition) is 1. The van der Waals surface area contributed by atoms with Gasteiger partial charge in [-0.25, -0.2) is 0 Å². The third kappa shape index (κ3) is 2.77. The highest BCUT2D eigenvalue weighted by Crippen LogP contribution is 2.34. The van der Waals surface area contributed by atoms with Crippen molar-refractivity contribution >= 4 is 21.6 Å². The van der Waals surface area contributed by atoms with E-state index in [-0.39, 0.29) is 0 Å². The molecule has 3 heteroatoms. The van der Waals surface area contributed by atoms with Crippen molar-refractivity contribution in [1.82, 2.24) is 0 Å². The van der Waals surface area contributed by atoms with Gasteiger partial charge in [-0.15, -0.1) is 0 Å². The highest BCUT2D eigenvalue weighted by molar-refractivity contribution is 9.10. The summed E-state index contributed by atoms with van der Waals surface area (Å²) in [5.41, 5.74) is 2.16. The Labute approximate surface area is 105 Å². The first-order valence-electron chi connectivity index (χ1n) is 5.76. The van der Waals surface area contributed by atoms with Crippen LogP contribution >= 0.6 is 15.9 Å². The molecule has 0 heterocycles. The van der Waals surface area contributed by atoms with Crippen molar-refractivity contribution < 1.29 is 5.11 Å². The second-order valence-electron chi connectivity index (χ2n) is 4.71. The van der Waals surface area contributed by atoms with Gasteiger partial charge < -0.3 is 10.0 Å². The van der Waals surface area contributed by atoms with Gasteiger partial charge in [0.05, 0.1) is 11.8 Å². The van der Waals surface area contributed by atoms with E-state index in [1.165, 1.54) is 18.5 Å². The largest absolute Gasteiger partial charge is 0.389 e. The fourth-order valence-electron chi connectivity index (χ4n) is 1.88. The second-order valence-corrected chi connectivity index (χ2v) is 5.57. The third-order valence-electron chi connectivity index (χ3n) is 3.09. The normalized spacial score (nSPS) is 17.2. The summed E-state index contributed by atoms with van der Waals surface area (Å²) in [6.45, 7) is 2.92. The minimum absolute atomic E-state index is 0.404. The molecule has 0 spiro atoms. The van der Waals surface area contributed by atoms with Crippen LogP contribution in [0.4, 0.5) is 5.69 Å². The molecule has 0 amide bonds. The maximum atomic E-state index is 9.50. The summed E-state index contributed by atoms with van der Waals surface area (Å²) in [6, 6.07) is 6.08. The van der Waals surface area contributed by atoms with Crippen molar-refractivity contribution in [3.05, 3.63) is 28.2 Å². The first kappa shape index (κ1) is 11.9. The summed E-state index contributed by atoms with van der Waals surface area (Å²) in [6.07, 6.45) is 2.33. The van der Waals surface area contributed by atoms with Gasteiger partial charge in [0, 0.05) is 18.1 Å². The molecule has 0 unspecified atom stereocenters. The molecule has 0 aliphatic heterocycles. The summed E-state index contributed by atoms with van der Waals surface area (Å²) >= 11 is 3.57. The van der Waals surface area contributed by atoms with Gasteiger partial charge >= 0.3 is 0 Å². The summed E-state index contributed by atoms with van der Waals surface area (Å²) in [7, 11) is 2.13. The Hall–Kier alpha value is -0.540. The average Bonchev–Trinajstić information content (AvgIpc) is 3.01. The second kappa shape index (κ2) is 4.76. The van der Waals surface area contributed by atoms with Crippen LogP contribution in [0.25, 0.3) is 0 Å². The van der Waals surface area contributed by atoms with Gasteiger partial charge in [-0.2, -0.15) is 0 Å². The van der Waals surface area contributed by atoms with Gasteiger partial charge in [0.2, 0.25) is 0 Å².